The molecule has 0 spiro atoms. The molecule has 1 rings (SSSR count). The van der Waals surface area contributed by atoms with Gasteiger partial charge in [0.25, 0.3) is 0 Å². The van der Waals surface area contributed by atoms with Gasteiger partial charge in [-0.2, -0.15) is 0 Å². The smallest absolute Gasteiger partial charge is 0.0103 e. The Kier molecular flexibility index (Phi) is 6.86. The van der Waals surface area contributed by atoms with Gasteiger partial charge in [-0.1, -0.05) is 60.8 Å². The molecule has 0 aromatic carbocycles. The van der Waals surface area contributed by atoms with E-state index in [1.54, 1.807) is 0 Å². The second-order valence-electron chi connectivity index (χ2n) is 7.88. The third kappa shape index (κ3) is 5.45. The van der Waals surface area contributed by atoms with Crippen LogP contribution >= 0.6 is 0 Å². The van der Waals surface area contributed by atoms with Gasteiger partial charge in [0, 0.05) is 12.1 Å². The highest BCUT2D eigenvalue weighted by molar-refractivity contribution is 4.90. The Hall–Kier alpha value is -0.0400. The summed E-state index contributed by atoms with van der Waals surface area (Å²) < 4.78 is 0. The first-order valence-corrected chi connectivity index (χ1v) is 8.64. The highest BCUT2D eigenvalue weighted by Gasteiger charge is 2.34. The molecule has 4 unspecified atom stereocenters. The van der Waals surface area contributed by atoms with Crippen LogP contribution in [-0.2, 0) is 0 Å². The minimum Gasteiger partial charge on any atom is -0.311 e. The van der Waals surface area contributed by atoms with Crippen molar-refractivity contribution in [3.8, 4) is 0 Å². The Bertz CT molecular complexity index is 241. The zero-order valence-corrected chi connectivity index (χ0v) is 14.3. The van der Waals surface area contributed by atoms with Crippen molar-refractivity contribution in [1.82, 2.24) is 5.32 Å². The average molecular weight is 268 g/mol. The zero-order chi connectivity index (χ0) is 14.5. The van der Waals surface area contributed by atoms with Gasteiger partial charge in [-0.25, -0.2) is 0 Å². The van der Waals surface area contributed by atoms with Gasteiger partial charge in [0.15, 0.2) is 0 Å². The molecule has 1 aliphatic carbocycles. The van der Waals surface area contributed by atoms with E-state index in [2.05, 4.69) is 46.9 Å². The summed E-state index contributed by atoms with van der Waals surface area (Å²) in [5.74, 6) is 1.71. The molecule has 19 heavy (non-hydrogen) atoms. The molecule has 0 radical (unpaired) electrons. The third-order valence-corrected chi connectivity index (χ3v) is 5.20. The van der Waals surface area contributed by atoms with Crippen LogP contribution in [0, 0.1) is 17.3 Å². The Morgan fingerprint density at radius 3 is 2.21 bits per heavy atom. The Morgan fingerprint density at radius 1 is 1.05 bits per heavy atom. The lowest BCUT2D eigenvalue weighted by molar-refractivity contribution is 0.119. The molecule has 1 saturated carbocycles. The average Bonchev–Trinajstić information content (AvgIpc) is 2.37. The van der Waals surface area contributed by atoms with Crippen molar-refractivity contribution in [3.05, 3.63) is 0 Å². The molecule has 0 aliphatic heterocycles. The van der Waals surface area contributed by atoms with Crippen LogP contribution in [0.3, 0.4) is 0 Å². The van der Waals surface area contributed by atoms with Gasteiger partial charge in [-0.15, -0.1) is 0 Å². The Morgan fingerprint density at radius 2 is 1.68 bits per heavy atom. The predicted molar refractivity (Wildman–Crippen MR) is 86.5 cm³/mol. The lowest BCUT2D eigenvalue weighted by Gasteiger charge is -2.42. The van der Waals surface area contributed by atoms with Crippen LogP contribution in [-0.4, -0.2) is 12.1 Å². The maximum atomic E-state index is 4.03. The molecular weight excluding hydrogens is 230 g/mol. The summed E-state index contributed by atoms with van der Waals surface area (Å²) in [5.41, 5.74) is 0.451. The summed E-state index contributed by atoms with van der Waals surface area (Å²) in [4.78, 5) is 0. The topological polar surface area (TPSA) is 12.0 Å². The highest BCUT2D eigenvalue weighted by atomic mass is 15.0. The SMILES string of the molecule is CCC(C)CC(CC)NC1CCCCC1C(C)(C)C. The van der Waals surface area contributed by atoms with E-state index in [9.17, 15) is 0 Å². The second-order valence-corrected chi connectivity index (χ2v) is 7.88. The summed E-state index contributed by atoms with van der Waals surface area (Å²) >= 11 is 0. The van der Waals surface area contributed by atoms with Crippen LogP contribution in [0.5, 0.6) is 0 Å². The molecule has 0 saturated heterocycles. The second kappa shape index (κ2) is 7.67. The number of nitrogens with one attached hydrogen (secondary N) is 1. The van der Waals surface area contributed by atoms with E-state index in [0.717, 1.165) is 23.9 Å². The van der Waals surface area contributed by atoms with Crippen molar-refractivity contribution in [1.29, 1.82) is 0 Å². The van der Waals surface area contributed by atoms with Crippen LogP contribution in [0.25, 0.3) is 0 Å². The number of hydrogen-bond acceptors (Lipinski definition) is 1. The first-order valence-electron chi connectivity index (χ1n) is 8.64. The summed E-state index contributed by atoms with van der Waals surface area (Å²) in [7, 11) is 0. The molecule has 0 aromatic heterocycles. The summed E-state index contributed by atoms with van der Waals surface area (Å²) in [5, 5.41) is 4.03. The van der Waals surface area contributed by atoms with Crippen molar-refractivity contribution in [3.63, 3.8) is 0 Å². The molecule has 1 N–H and O–H groups in total. The first-order chi connectivity index (χ1) is 8.88. The molecule has 0 amide bonds. The normalized spacial score (nSPS) is 28.1. The first kappa shape index (κ1) is 17.0. The van der Waals surface area contributed by atoms with Crippen LogP contribution in [0.1, 0.15) is 86.5 Å². The van der Waals surface area contributed by atoms with E-state index < -0.39 is 0 Å². The lowest BCUT2D eigenvalue weighted by Crippen LogP contribution is -2.48. The Labute approximate surface area is 121 Å². The van der Waals surface area contributed by atoms with Gasteiger partial charge in [-0.05, 0) is 42.9 Å². The fourth-order valence-electron chi connectivity index (χ4n) is 3.67. The number of hydrogen-bond donors (Lipinski definition) is 1. The maximum Gasteiger partial charge on any atom is 0.0103 e. The largest absolute Gasteiger partial charge is 0.311 e. The lowest BCUT2D eigenvalue weighted by atomic mass is 9.69. The molecule has 0 bridgehead atoms. The van der Waals surface area contributed by atoms with Gasteiger partial charge in [-0.3, -0.25) is 0 Å². The monoisotopic (exact) mass is 267 g/mol. The molecule has 0 heterocycles. The summed E-state index contributed by atoms with van der Waals surface area (Å²) in [6, 6.07) is 1.48. The fourth-order valence-corrected chi connectivity index (χ4v) is 3.67. The van der Waals surface area contributed by atoms with E-state index in [4.69, 9.17) is 0 Å². The van der Waals surface area contributed by atoms with E-state index in [1.807, 2.05) is 0 Å². The molecular formula is C18H37N. The van der Waals surface area contributed by atoms with E-state index >= 15 is 0 Å². The molecule has 1 nitrogen and oxygen atoms in total. The standard InChI is InChI=1S/C18H37N/c1-7-14(3)13-15(8-2)19-17-12-10-9-11-16(17)18(4,5)6/h14-17,19H,7-13H2,1-6H3. The predicted octanol–water partition coefficient (Wildman–Crippen LogP) is 5.40. The van der Waals surface area contributed by atoms with Gasteiger partial charge < -0.3 is 5.32 Å². The van der Waals surface area contributed by atoms with Crippen molar-refractivity contribution in [2.24, 2.45) is 17.3 Å². The molecule has 4 atom stereocenters. The van der Waals surface area contributed by atoms with Gasteiger partial charge in [0.05, 0.1) is 0 Å². The van der Waals surface area contributed by atoms with Gasteiger partial charge >= 0.3 is 0 Å². The van der Waals surface area contributed by atoms with Gasteiger partial charge in [0.1, 0.15) is 0 Å². The fraction of sp³-hybridized carbons (Fsp3) is 1.00. The quantitative estimate of drug-likeness (QED) is 0.680. The van der Waals surface area contributed by atoms with E-state index in [-0.39, 0.29) is 0 Å². The summed E-state index contributed by atoms with van der Waals surface area (Å²) in [6.07, 6.45) is 9.59. The molecule has 114 valence electrons. The molecule has 1 fully saturated rings. The summed E-state index contributed by atoms with van der Waals surface area (Å²) in [6.45, 7) is 14.3. The minimum atomic E-state index is 0.451. The van der Waals surface area contributed by atoms with Crippen LogP contribution in [0.2, 0.25) is 0 Å². The van der Waals surface area contributed by atoms with Crippen LogP contribution < -0.4 is 5.32 Å². The molecule has 1 aliphatic rings. The minimum absolute atomic E-state index is 0.451. The van der Waals surface area contributed by atoms with Gasteiger partial charge in [0.2, 0.25) is 0 Å². The zero-order valence-electron chi connectivity index (χ0n) is 14.3. The van der Waals surface area contributed by atoms with Crippen LogP contribution in [0.15, 0.2) is 0 Å². The molecule has 1 heteroatoms. The van der Waals surface area contributed by atoms with Crippen molar-refractivity contribution in [2.75, 3.05) is 0 Å². The third-order valence-electron chi connectivity index (χ3n) is 5.20. The van der Waals surface area contributed by atoms with Crippen molar-refractivity contribution >= 4 is 0 Å². The van der Waals surface area contributed by atoms with Crippen LogP contribution in [0.4, 0.5) is 0 Å². The van der Waals surface area contributed by atoms with Crippen molar-refractivity contribution in [2.45, 2.75) is 98.6 Å². The molecule has 0 aromatic rings. The maximum absolute atomic E-state index is 4.03. The Balaban J connectivity index is 2.59. The van der Waals surface area contributed by atoms with Crippen molar-refractivity contribution < 1.29 is 0 Å². The number of rotatable bonds is 6. The highest BCUT2D eigenvalue weighted by Crippen LogP contribution is 2.38. The van der Waals surface area contributed by atoms with E-state index in [1.165, 1.54) is 44.9 Å². The van der Waals surface area contributed by atoms with E-state index in [0.29, 0.717) is 5.41 Å².